The fourth-order valence-corrected chi connectivity index (χ4v) is 3.87. The van der Waals surface area contributed by atoms with Gasteiger partial charge in [-0.1, -0.05) is 39.2 Å². The zero-order valence-corrected chi connectivity index (χ0v) is 24.7. The van der Waals surface area contributed by atoms with Crippen LogP contribution in [0.15, 0.2) is 40.2 Å². The van der Waals surface area contributed by atoms with Gasteiger partial charge < -0.3 is 26.2 Å². The first-order valence-electron chi connectivity index (χ1n) is 12.1. The van der Waals surface area contributed by atoms with Gasteiger partial charge in [0, 0.05) is 60.6 Å². The first kappa shape index (κ1) is 40.0. The normalized spacial score (nSPS) is 11.5. The van der Waals surface area contributed by atoms with Crippen molar-refractivity contribution in [3.8, 4) is 11.5 Å². The number of aliphatic imine (C=N–C) groups is 1. The van der Waals surface area contributed by atoms with E-state index in [2.05, 4.69) is 18.8 Å². The molecule has 15 nitrogen and oxygen atoms in total. The van der Waals surface area contributed by atoms with Crippen LogP contribution in [0.5, 0.6) is 11.5 Å². The number of nitro benzene ring substituents is 2. The summed E-state index contributed by atoms with van der Waals surface area (Å²) in [6, 6.07) is 4.64. The van der Waals surface area contributed by atoms with Crippen molar-refractivity contribution >= 4 is 33.4 Å². The second kappa shape index (κ2) is 19.8. The predicted molar refractivity (Wildman–Crippen MR) is 149 cm³/mol. The number of hydrogen-bond donors (Lipinski definition) is 4. The Morgan fingerprint density at radius 3 is 2.29 bits per heavy atom. The quantitative estimate of drug-likeness (QED) is 0.0758. The van der Waals surface area contributed by atoms with Crippen molar-refractivity contribution in [2.75, 3.05) is 19.8 Å². The Balaban J connectivity index is -0.000000820. The minimum Gasteiger partial charge on any atom is -0.504 e. The van der Waals surface area contributed by atoms with E-state index in [1.807, 2.05) is 0 Å². The number of aromatic hydroxyl groups is 2. The Bertz CT molecular complexity index is 1270. The summed E-state index contributed by atoms with van der Waals surface area (Å²) in [6.07, 6.45) is 7.00. The number of ether oxygens (including phenoxy) is 1. The van der Waals surface area contributed by atoms with Crippen molar-refractivity contribution < 1.29 is 62.0 Å². The van der Waals surface area contributed by atoms with Crippen LogP contribution in [0.2, 0.25) is 0 Å². The molecule has 0 fully saturated rings. The fraction of sp³-hybridized carbons (Fsp3) is 0.458. The van der Waals surface area contributed by atoms with E-state index in [9.17, 15) is 38.9 Å². The van der Waals surface area contributed by atoms with Crippen LogP contribution in [0, 0.1) is 26.1 Å². The summed E-state index contributed by atoms with van der Waals surface area (Å²) >= 11 is 0. The van der Waals surface area contributed by atoms with E-state index in [1.54, 1.807) is 0 Å². The molecule has 0 aliphatic carbocycles. The first-order chi connectivity index (χ1) is 18.4. The molecule has 0 aromatic heterocycles. The molecule has 0 bridgehead atoms. The summed E-state index contributed by atoms with van der Waals surface area (Å²) in [6.45, 7) is 6.98. The van der Waals surface area contributed by atoms with Crippen molar-refractivity contribution in [3.63, 3.8) is 0 Å². The van der Waals surface area contributed by atoms with Crippen LogP contribution >= 0.6 is 0 Å². The second-order valence-corrected chi connectivity index (χ2v) is 9.80. The van der Waals surface area contributed by atoms with Crippen molar-refractivity contribution in [3.05, 3.63) is 56.1 Å². The van der Waals surface area contributed by atoms with Crippen LogP contribution < -0.4 is 5.73 Å². The molecule has 0 spiro atoms. The molecular formula is C24H37CrN4O11S+. The zero-order chi connectivity index (χ0) is 29.6. The molecule has 0 amide bonds. The first-order valence-corrected chi connectivity index (χ1v) is 13.6. The Morgan fingerprint density at radius 2 is 1.78 bits per heavy atom. The van der Waals surface area contributed by atoms with Gasteiger partial charge in [-0.25, -0.2) is 0 Å². The van der Waals surface area contributed by atoms with E-state index in [4.69, 9.17) is 15.0 Å². The summed E-state index contributed by atoms with van der Waals surface area (Å²) in [7, 11) is -4.99. The number of non-ortho nitro benzene ring substituents is 1. The molecule has 2 aromatic rings. The van der Waals surface area contributed by atoms with Gasteiger partial charge in [0.2, 0.25) is 5.75 Å². The van der Waals surface area contributed by atoms with Crippen LogP contribution in [0.1, 0.15) is 52.9 Å². The smallest absolute Gasteiger partial charge is 0.504 e. The summed E-state index contributed by atoms with van der Waals surface area (Å²) in [5, 5.41) is 41.3. The molecule has 0 heterocycles. The van der Waals surface area contributed by atoms with E-state index in [1.165, 1.54) is 37.8 Å². The van der Waals surface area contributed by atoms with Gasteiger partial charge in [-0.2, -0.15) is 8.42 Å². The molecule has 0 radical (unpaired) electrons. The van der Waals surface area contributed by atoms with Gasteiger partial charge >= 0.3 is 7.11 Å². The summed E-state index contributed by atoms with van der Waals surface area (Å²) in [4.78, 5) is 22.3. The molecule has 1 unspecified atom stereocenters. The van der Waals surface area contributed by atoms with Gasteiger partial charge in [-0.05, 0) is 31.4 Å². The van der Waals surface area contributed by atoms with Crippen LogP contribution in [0.4, 0.5) is 17.1 Å². The fourth-order valence-electron chi connectivity index (χ4n) is 3.25. The third kappa shape index (κ3) is 13.4. The molecule has 230 valence electrons. The summed E-state index contributed by atoms with van der Waals surface area (Å²) in [5.74, 6) is -1.06. The average Bonchev–Trinajstić information content (AvgIpc) is 2.87. The number of unbranched alkanes of at least 4 members (excludes halogenated alkanes) is 1. The molecule has 17 heteroatoms. The van der Waals surface area contributed by atoms with E-state index in [0.717, 1.165) is 50.4 Å². The van der Waals surface area contributed by atoms with Gasteiger partial charge in [-0.15, -0.1) is 0 Å². The van der Waals surface area contributed by atoms with E-state index < -0.39 is 53.4 Å². The number of rotatable bonds is 14. The van der Waals surface area contributed by atoms with Gasteiger partial charge in [0.1, 0.15) is 10.6 Å². The Morgan fingerprint density at radius 1 is 1.12 bits per heavy atom. The number of nitrogens with two attached hydrogens (primary N) is 1. The van der Waals surface area contributed by atoms with Crippen molar-refractivity contribution in [2.24, 2.45) is 16.6 Å². The van der Waals surface area contributed by atoms with Gasteiger partial charge in [0.15, 0.2) is 5.75 Å². The number of nitrogens with zero attached hydrogens (tertiary/aromatic N) is 3. The van der Waals surface area contributed by atoms with Gasteiger partial charge in [-0.3, -0.25) is 29.8 Å². The molecule has 0 aliphatic rings. The van der Waals surface area contributed by atoms with Crippen molar-refractivity contribution in [2.45, 2.75) is 50.8 Å². The van der Waals surface area contributed by atoms with Gasteiger partial charge in [0.25, 0.3) is 15.8 Å². The Labute approximate surface area is 250 Å². The third-order valence-corrected chi connectivity index (χ3v) is 6.37. The average molecular weight is 642 g/mol. The molecule has 2 rings (SSSR count). The molecule has 7 N–H and O–H groups in total. The Hall–Kier alpha value is -3.17. The minimum absolute atomic E-state index is 0. The monoisotopic (exact) mass is 641 g/mol. The number of benzene rings is 2. The van der Waals surface area contributed by atoms with Gasteiger partial charge in [0.05, 0.1) is 9.85 Å². The maximum absolute atomic E-state index is 11.2. The number of para-hydroxylation sites is 1. The van der Waals surface area contributed by atoms with Crippen LogP contribution in [0.3, 0.4) is 0 Å². The molecule has 1 atom stereocenters. The molecule has 41 heavy (non-hydrogen) atoms. The van der Waals surface area contributed by atoms with Crippen LogP contribution in [-0.2, 0) is 32.2 Å². The molecular weight excluding hydrogens is 604 g/mol. The standard InChI is InChI=1S/C13H9N3O9S.C11H25NO.Cr.H2O/c17-12-7(2-1-3-10(12)16(21)22)6-14-9-4-8(15(19)20)5-11(13(9)18)26(23,24)25;1-3-5-7-11(4-2)10-13-9-6-8-12;;/h1-6,17-18H,(H,23,24,25);11H,3-10,12H2,1-2H3;;1H2/p+1. The second-order valence-electron chi connectivity index (χ2n) is 8.41. The van der Waals surface area contributed by atoms with Crippen molar-refractivity contribution in [1.82, 2.24) is 0 Å². The molecule has 2 aromatic carbocycles. The van der Waals surface area contributed by atoms with E-state index in [-0.39, 0.29) is 29.8 Å². The number of nitro groups is 2. The molecule has 0 saturated carbocycles. The molecule has 0 aliphatic heterocycles. The van der Waals surface area contributed by atoms with E-state index in [0.29, 0.717) is 6.07 Å². The third-order valence-electron chi connectivity index (χ3n) is 5.50. The summed E-state index contributed by atoms with van der Waals surface area (Å²) < 4.78 is 37.1. The number of hydrogen-bond acceptors (Lipinski definition) is 11. The number of phenolic OH excluding ortho intramolecular Hbond substituents is 2. The largest absolute Gasteiger partial charge is 1.00 e. The predicted octanol–water partition coefficient (Wildman–Crippen LogP) is 3.77. The number of phenols is 2. The summed E-state index contributed by atoms with van der Waals surface area (Å²) in [5.41, 5.74) is 3.18. The van der Waals surface area contributed by atoms with E-state index >= 15 is 0 Å². The topological polar surface area (TPSA) is 260 Å². The zero-order valence-electron chi connectivity index (χ0n) is 23.6. The maximum atomic E-state index is 11.2. The van der Waals surface area contributed by atoms with Crippen LogP contribution in [-0.4, -0.2) is 64.5 Å². The maximum Gasteiger partial charge on any atom is 1.00 e. The van der Waals surface area contributed by atoms with Crippen LogP contribution in [0.25, 0.3) is 0 Å². The van der Waals surface area contributed by atoms with Crippen molar-refractivity contribution in [1.29, 1.82) is 0 Å². The Kier molecular flexibility index (Phi) is 19.3. The SMILES string of the molecule is CCCCC(CC)COCCCN.O.O=[N+]([O-])c1cc(N=Cc2cccc([N+](=O)[O-])c2O)c(O)c(S(=O)(=O)O)c1.[Cr].[H+]. The minimum atomic E-state index is -4.99. The molecule has 0 saturated heterocycles.